The lowest BCUT2D eigenvalue weighted by molar-refractivity contribution is -0.120. The molecule has 1 N–H and O–H groups in total. The van der Waals surface area contributed by atoms with Crippen LogP contribution in [0.1, 0.15) is 28.9 Å². The molecule has 1 amide bonds. The summed E-state index contributed by atoms with van der Waals surface area (Å²) in [5.41, 5.74) is 7.82. The van der Waals surface area contributed by atoms with Crippen LogP contribution in [-0.4, -0.2) is 28.6 Å². The van der Waals surface area contributed by atoms with Crippen LogP contribution in [0.25, 0.3) is 22.2 Å². The zero-order valence-corrected chi connectivity index (χ0v) is 22.7. The van der Waals surface area contributed by atoms with E-state index >= 15 is 0 Å². The number of aromatic nitrogens is 2. The van der Waals surface area contributed by atoms with E-state index in [0.29, 0.717) is 26.1 Å². The number of nitrogens with zero attached hydrogens (tertiary/aromatic N) is 2. The van der Waals surface area contributed by atoms with Crippen LogP contribution in [0.3, 0.4) is 0 Å². The van der Waals surface area contributed by atoms with Crippen molar-refractivity contribution in [2.24, 2.45) is 0 Å². The molecule has 39 heavy (non-hydrogen) atoms. The van der Waals surface area contributed by atoms with E-state index in [0.717, 1.165) is 52.1 Å². The fourth-order valence-corrected chi connectivity index (χ4v) is 4.94. The first-order valence-electron chi connectivity index (χ1n) is 13.6. The van der Waals surface area contributed by atoms with Gasteiger partial charge in [-0.05, 0) is 60.7 Å². The molecule has 0 aliphatic heterocycles. The van der Waals surface area contributed by atoms with Gasteiger partial charge in [0.1, 0.15) is 18.2 Å². The van der Waals surface area contributed by atoms with E-state index in [4.69, 9.17) is 9.72 Å². The molecule has 4 aromatic carbocycles. The Kier molecular flexibility index (Phi) is 8.37. The summed E-state index contributed by atoms with van der Waals surface area (Å²) in [6.07, 6.45) is 1.98. The second-order valence-electron chi connectivity index (χ2n) is 9.98. The predicted molar refractivity (Wildman–Crippen MR) is 158 cm³/mol. The van der Waals surface area contributed by atoms with Crippen molar-refractivity contribution in [2.45, 2.75) is 39.7 Å². The van der Waals surface area contributed by atoms with E-state index in [1.54, 1.807) is 0 Å². The third-order valence-electron chi connectivity index (χ3n) is 6.96. The third kappa shape index (κ3) is 6.74. The average molecular weight is 518 g/mol. The summed E-state index contributed by atoms with van der Waals surface area (Å²) < 4.78 is 8.35. The number of amides is 1. The topological polar surface area (TPSA) is 56.1 Å². The highest BCUT2D eigenvalue weighted by Crippen LogP contribution is 2.21. The number of ether oxygens (including phenoxy) is 1. The molecule has 0 radical (unpaired) electrons. The SMILES string of the molecule is Cc1ccc(OCCn2c(CCCNC(=O)Cc3ccc(-c4ccccc4)cc3)nc3ccccc32)c(C)c1. The number of hydrogen-bond donors (Lipinski definition) is 1. The smallest absolute Gasteiger partial charge is 0.224 e. The summed E-state index contributed by atoms with van der Waals surface area (Å²) >= 11 is 0. The average Bonchev–Trinajstić information content (AvgIpc) is 3.30. The molecule has 5 aromatic rings. The minimum absolute atomic E-state index is 0.0397. The zero-order valence-electron chi connectivity index (χ0n) is 22.7. The zero-order chi connectivity index (χ0) is 27.0. The lowest BCUT2D eigenvalue weighted by Gasteiger charge is -2.13. The molecule has 0 aliphatic carbocycles. The van der Waals surface area contributed by atoms with Crippen LogP contribution in [-0.2, 0) is 24.2 Å². The summed E-state index contributed by atoms with van der Waals surface area (Å²) in [7, 11) is 0. The lowest BCUT2D eigenvalue weighted by atomic mass is 10.0. The Balaban J connectivity index is 1.13. The van der Waals surface area contributed by atoms with Crippen LogP contribution in [0.4, 0.5) is 0 Å². The van der Waals surface area contributed by atoms with Gasteiger partial charge >= 0.3 is 0 Å². The quantitative estimate of drug-likeness (QED) is 0.199. The van der Waals surface area contributed by atoms with Crippen molar-refractivity contribution in [3.05, 3.63) is 120 Å². The number of hydrogen-bond acceptors (Lipinski definition) is 3. The molecule has 0 aliphatic rings. The van der Waals surface area contributed by atoms with Crippen molar-refractivity contribution in [3.8, 4) is 16.9 Å². The molecule has 0 atom stereocenters. The van der Waals surface area contributed by atoms with Crippen molar-refractivity contribution >= 4 is 16.9 Å². The van der Waals surface area contributed by atoms with Gasteiger partial charge in [0.25, 0.3) is 0 Å². The van der Waals surface area contributed by atoms with Gasteiger partial charge in [-0.1, -0.05) is 84.4 Å². The van der Waals surface area contributed by atoms with E-state index < -0.39 is 0 Å². The Morgan fingerprint density at radius 1 is 0.872 bits per heavy atom. The normalized spacial score (nSPS) is 11.0. The van der Waals surface area contributed by atoms with E-state index in [9.17, 15) is 4.79 Å². The fourth-order valence-electron chi connectivity index (χ4n) is 4.94. The molecule has 0 spiro atoms. The highest BCUT2D eigenvalue weighted by atomic mass is 16.5. The molecule has 5 heteroatoms. The molecular weight excluding hydrogens is 482 g/mol. The molecule has 198 valence electrons. The first-order valence-corrected chi connectivity index (χ1v) is 13.6. The second kappa shape index (κ2) is 12.4. The van der Waals surface area contributed by atoms with Crippen LogP contribution in [0.5, 0.6) is 5.75 Å². The lowest BCUT2D eigenvalue weighted by Crippen LogP contribution is -2.26. The number of aryl methyl sites for hydroxylation is 3. The molecule has 0 bridgehead atoms. The van der Waals surface area contributed by atoms with Gasteiger partial charge in [-0.3, -0.25) is 4.79 Å². The third-order valence-corrected chi connectivity index (χ3v) is 6.96. The fraction of sp³-hybridized carbons (Fsp3) is 0.235. The second-order valence-corrected chi connectivity index (χ2v) is 9.98. The molecule has 0 saturated carbocycles. The summed E-state index contributed by atoms with van der Waals surface area (Å²) in [4.78, 5) is 17.4. The van der Waals surface area contributed by atoms with Crippen molar-refractivity contribution < 1.29 is 9.53 Å². The highest BCUT2D eigenvalue weighted by Gasteiger charge is 2.11. The van der Waals surface area contributed by atoms with Gasteiger partial charge in [-0.15, -0.1) is 0 Å². The minimum Gasteiger partial charge on any atom is -0.491 e. The van der Waals surface area contributed by atoms with E-state index in [-0.39, 0.29) is 5.91 Å². The largest absolute Gasteiger partial charge is 0.491 e. The monoisotopic (exact) mass is 517 g/mol. The van der Waals surface area contributed by atoms with Crippen LogP contribution in [0.15, 0.2) is 97.1 Å². The van der Waals surface area contributed by atoms with Crippen LogP contribution in [0.2, 0.25) is 0 Å². The number of nitrogens with one attached hydrogen (secondary N) is 1. The van der Waals surface area contributed by atoms with Gasteiger partial charge < -0.3 is 14.6 Å². The van der Waals surface area contributed by atoms with Gasteiger partial charge in [0.05, 0.1) is 24.0 Å². The molecule has 0 fully saturated rings. The van der Waals surface area contributed by atoms with Crippen LogP contribution < -0.4 is 10.1 Å². The Bertz CT molecular complexity index is 1540. The molecular formula is C34H35N3O2. The minimum atomic E-state index is 0.0397. The van der Waals surface area contributed by atoms with Crippen molar-refractivity contribution in [2.75, 3.05) is 13.2 Å². The summed E-state index contributed by atoms with van der Waals surface area (Å²) in [5.74, 6) is 1.98. The number of imidazole rings is 1. The van der Waals surface area contributed by atoms with E-state index in [1.165, 1.54) is 11.1 Å². The number of para-hydroxylation sites is 2. The Morgan fingerprint density at radius 2 is 1.62 bits per heavy atom. The number of carbonyl (C=O) groups excluding carboxylic acids is 1. The van der Waals surface area contributed by atoms with Gasteiger partial charge in [0.15, 0.2) is 0 Å². The first kappa shape index (κ1) is 26.2. The van der Waals surface area contributed by atoms with Crippen LogP contribution >= 0.6 is 0 Å². The van der Waals surface area contributed by atoms with Gasteiger partial charge in [-0.25, -0.2) is 4.98 Å². The van der Waals surface area contributed by atoms with Gasteiger partial charge in [0, 0.05) is 13.0 Å². The van der Waals surface area contributed by atoms with E-state index in [2.05, 4.69) is 66.2 Å². The van der Waals surface area contributed by atoms with Crippen molar-refractivity contribution in [1.82, 2.24) is 14.9 Å². The maximum absolute atomic E-state index is 12.6. The van der Waals surface area contributed by atoms with Gasteiger partial charge in [0.2, 0.25) is 5.91 Å². The summed E-state index contributed by atoms with van der Waals surface area (Å²) in [6.45, 7) is 6.07. The standard InChI is InChI=1S/C34H35N3O2/c1-25-14-19-32(26(2)23-25)39-22-21-37-31-12-7-6-11-30(31)36-33(37)13-8-20-35-34(38)24-27-15-17-29(18-16-27)28-9-4-3-5-10-28/h3-7,9-12,14-19,23H,8,13,20-22,24H2,1-2H3,(H,35,38). The van der Waals surface area contributed by atoms with E-state index in [1.807, 2.05) is 54.6 Å². The Hall–Kier alpha value is -4.38. The summed E-state index contributed by atoms with van der Waals surface area (Å²) in [6, 6.07) is 32.9. The first-order chi connectivity index (χ1) is 19.1. The maximum Gasteiger partial charge on any atom is 0.224 e. The summed E-state index contributed by atoms with van der Waals surface area (Å²) in [5, 5.41) is 3.08. The molecule has 1 aromatic heterocycles. The van der Waals surface area contributed by atoms with Crippen molar-refractivity contribution in [1.29, 1.82) is 0 Å². The maximum atomic E-state index is 12.6. The number of rotatable bonds is 11. The molecule has 0 unspecified atom stereocenters. The number of carbonyl (C=O) groups is 1. The number of benzene rings is 4. The highest BCUT2D eigenvalue weighted by molar-refractivity contribution is 5.79. The Morgan fingerprint density at radius 3 is 2.41 bits per heavy atom. The van der Waals surface area contributed by atoms with Crippen LogP contribution in [0, 0.1) is 13.8 Å². The van der Waals surface area contributed by atoms with Crippen molar-refractivity contribution in [3.63, 3.8) is 0 Å². The molecule has 5 nitrogen and oxygen atoms in total. The number of fused-ring (bicyclic) bond motifs is 1. The Labute approximate surface area is 230 Å². The van der Waals surface area contributed by atoms with Gasteiger partial charge in [-0.2, -0.15) is 0 Å². The molecule has 5 rings (SSSR count). The molecule has 1 heterocycles. The molecule has 0 saturated heterocycles. The predicted octanol–water partition coefficient (Wildman–Crippen LogP) is 6.69.